The van der Waals surface area contributed by atoms with E-state index >= 15 is 0 Å². The first-order valence-electron chi connectivity index (χ1n) is 5.85. The van der Waals surface area contributed by atoms with Gasteiger partial charge in [0.2, 0.25) is 5.91 Å². The maximum atomic E-state index is 11.3. The first-order valence-corrected chi connectivity index (χ1v) is 5.85. The van der Waals surface area contributed by atoms with Crippen molar-refractivity contribution >= 4 is 28.7 Å². The van der Waals surface area contributed by atoms with Gasteiger partial charge in [-0.05, 0) is 22.4 Å². The zero-order valence-corrected chi connectivity index (χ0v) is 10.5. The summed E-state index contributed by atoms with van der Waals surface area (Å²) in [7, 11) is 0. The van der Waals surface area contributed by atoms with Gasteiger partial charge in [-0.1, -0.05) is 42.5 Å². The van der Waals surface area contributed by atoms with Gasteiger partial charge in [0, 0.05) is 6.92 Å². The van der Waals surface area contributed by atoms with Crippen molar-refractivity contribution in [2.75, 3.05) is 0 Å². The van der Waals surface area contributed by atoms with Crippen LogP contribution in [0.15, 0.2) is 48.2 Å². The molecule has 0 aromatic heterocycles. The van der Waals surface area contributed by atoms with Crippen molar-refractivity contribution in [2.24, 2.45) is 5.73 Å². The molecule has 0 saturated carbocycles. The van der Waals surface area contributed by atoms with Crippen LogP contribution in [0.3, 0.4) is 0 Å². The number of carbonyl (C=O) groups excluding carboxylic acids is 2. The molecule has 2 amide bonds. The fourth-order valence-corrected chi connectivity index (χ4v) is 1.89. The molecule has 96 valence electrons. The Kier molecular flexibility index (Phi) is 3.61. The molecule has 2 aromatic carbocycles. The fourth-order valence-electron chi connectivity index (χ4n) is 1.89. The Morgan fingerprint density at radius 3 is 2.47 bits per heavy atom. The summed E-state index contributed by atoms with van der Waals surface area (Å²) in [5, 5.41) is 4.49. The van der Waals surface area contributed by atoms with Crippen LogP contribution >= 0.6 is 0 Å². The predicted octanol–water partition coefficient (Wildman–Crippen LogP) is 1.80. The maximum Gasteiger partial charge on any atom is 0.265 e. The fraction of sp³-hybridized carbons (Fsp3) is 0.0667. The predicted molar refractivity (Wildman–Crippen MR) is 74.9 cm³/mol. The first-order chi connectivity index (χ1) is 9.08. The number of hydrogen-bond donors (Lipinski definition) is 2. The Morgan fingerprint density at radius 2 is 1.79 bits per heavy atom. The smallest absolute Gasteiger partial charge is 0.265 e. The molecule has 0 unspecified atom stereocenters. The van der Waals surface area contributed by atoms with Crippen LogP contribution < -0.4 is 11.1 Å². The van der Waals surface area contributed by atoms with Crippen molar-refractivity contribution in [1.29, 1.82) is 0 Å². The minimum atomic E-state index is -0.664. The van der Waals surface area contributed by atoms with Gasteiger partial charge in [0.05, 0.1) is 0 Å². The molecule has 2 rings (SSSR count). The molecule has 4 heteroatoms. The summed E-state index contributed by atoms with van der Waals surface area (Å²) in [6.07, 6.45) is 1.59. The molecule has 2 aromatic rings. The first kappa shape index (κ1) is 12.8. The highest BCUT2D eigenvalue weighted by Crippen LogP contribution is 2.20. The second-order valence-corrected chi connectivity index (χ2v) is 4.17. The lowest BCUT2D eigenvalue weighted by Crippen LogP contribution is -2.29. The van der Waals surface area contributed by atoms with Gasteiger partial charge in [0.15, 0.2) is 0 Å². The van der Waals surface area contributed by atoms with Gasteiger partial charge in [-0.25, -0.2) is 0 Å². The highest BCUT2D eigenvalue weighted by atomic mass is 16.2. The van der Waals surface area contributed by atoms with Gasteiger partial charge >= 0.3 is 0 Å². The summed E-state index contributed by atoms with van der Waals surface area (Å²) in [5.74, 6) is -0.992. The standard InChI is InChI=1S/C15H14N2O2/c1-10(18)17-14(15(16)19)9-12-7-4-6-11-5-2-3-8-13(11)12/h2-9H,1H3,(H2,16,19)(H,17,18)/b14-9-. The highest BCUT2D eigenvalue weighted by molar-refractivity contribution is 6.02. The van der Waals surface area contributed by atoms with E-state index < -0.39 is 5.91 Å². The zero-order valence-electron chi connectivity index (χ0n) is 10.5. The van der Waals surface area contributed by atoms with Gasteiger partial charge in [-0.3, -0.25) is 9.59 Å². The minimum absolute atomic E-state index is 0.0869. The van der Waals surface area contributed by atoms with Gasteiger partial charge in [-0.2, -0.15) is 0 Å². The second-order valence-electron chi connectivity index (χ2n) is 4.17. The van der Waals surface area contributed by atoms with Crippen LogP contribution in [0.25, 0.3) is 16.8 Å². The van der Waals surface area contributed by atoms with E-state index in [0.29, 0.717) is 0 Å². The third kappa shape index (κ3) is 2.98. The Morgan fingerprint density at radius 1 is 1.11 bits per heavy atom. The van der Waals surface area contributed by atoms with E-state index in [-0.39, 0.29) is 11.6 Å². The largest absolute Gasteiger partial charge is 0.364 e. The third-order valence-electron chi connectivity index (χ3n) is 2.70. The van der Waals surface area contributed by atoms with Crippen LogP contribution in [0.2, 0.25) is 0 Å². The normalized spacial score (nSPS) is 11.3. The van der Waals surface area contributed by atoms with Gasteiger partial charge in [0.1, 0.15) is 5.70 Å². The Balaban J connectivity index is 2.54. The average Bonchev–Trinajstić information content (AvgIpc) is 2.37. The van der Waals surface area contributed by atoms with Crippen LogP contribution in [0.1, 0.15) is 12.5 Å². The van der Waals surface area contributed by atoms with E-state index in [4.69, 9.17) is 5.73 Å². The Hall–Kier alpha value is -2.62. The number of hydrogen-bond acceptors (Lipinski definition) is 2. The summed E-state index contributed by atoms with van der Waals surface area (Å²) < 4.78 is 0. The number of nitrogens with one attached hydrogen (secondary N) is 1. The topological polar surface area (TPSA) is 72.2 Å². The molecule has 0 atom stereocenters. The molecule has 0 spiro atoms. The number of rotatable bonds is 3. The molecule has 0 bridgehead atoms. The second kappa shape index (κ2) is 5.35. The summed E-state index contributed by atoms with van der Waals surface area (Å²) >= 11 is 0. The minimum Gasteiger partial charge on any atom is -0.364 e. The summed E-state index contributed by atoms with van der Waals surface area (Å²) in [5.41, 5.74) is 6.18. The van der Waals surface area contributed by atoms with E-state index in [2.05, 4.69) is 5.32 Å². The zero-order chi connectivity index (χ0) is 13.8. The van der Waals surface area contributed by atoms with Gasteiger partial charge in [-0.15, -0.1) is 0 Å². The van der Waals surface area contributed by atoms with Crippen LogP contribution in [0.5, 0.6) is 0 Å². The Labute approximate surface area is 110 Å². The van der Waals surface area contributed by atoms with E-state index in [0.717, 1.165) is 16.3 Å². The number of nitrogens with two attached hydrogens (primary N) is 1. The van der Waals surface area contributed by atoms with Gasteiger partial charge < -0.3 is 11.1 Å². The quantitative estimate of drug-likeness (QED) is 0.820. The van der Waals surface area contributed by atoms with Gasteiger partial charge in [0.25, 0.3) is 5.91 Å². The van der Waals surface area contributed by atoms with E-state index in [1.165, 1.54) is 6.92 Å². The van der Waals surface area contributed by atoms with Crippen molar-refractivity contribution in [2.45, 2.75) is 6.92 Å². The lowest BCUT2D eigenvalue weighted by atomic mass is 10.0. The Bertz CT molecular complexity index is 669. The maximum absolute atomic E-state index is 11.3. The van der Waals surface area contributed by atoms with E-state index in [1.54, 1.807) is 6.08 Å². The SMILES string of the molecule is CC(=O)N/C(=C\c1cccc2ccccc12)C(N)=O. The highest BCUT2D eigenvalue weighted by Gasteiger charge is 2.07. The van der Waals surface area contributed by atoms with Crippen LogP contribution in [0.4, 0.5) is 0 Å². The molecule has 0 saturated heterocycles. The number of fused-ring (bicyclic) bond motifs is 1. The van der Waals surface area contributed by atoms with E-state index in [1.807, 2.05) is 42.5 Å². The van der Waals surface area contributed by atoms with Crippen LogP contribution in [-0.2, 0) is 9.59 Å². The summed E-state index contributed by atoms with van der Waals surface area (Å²) in [6, 6.07) is 13.5. The lowest BCUT2D eigenvalue weighted by molar-refractivity contribution is -0.121. The van der Waals surface area contributed by atoms with Crippen molar-refractivity contribution in [1.82, 2.24) is 5.32 Å². The lowest BCUT2D eigenvalue weighted by Gasteiger charge is -2.06. The third-order valence-corrected chi connectivity index (χ3v) is 2.70. The molecular formula is C15H14N2O2. The molecule has 3 N–H and O–H groups in total. The summed E-state index contributed by atoms with van der Waals surface area (Å²) in [4.78, 5) is 22.4. The number of benzene rings is 2. The monoisotopic (exact) mass is 254 g/mol. The molecule has 0 radical (unpaired) electrons. The van der Waals surface area contributed by atoms with E-state index in [9.17, 15) is 9.59 Å². The summed E-state index contributed by atoms with van der Waals surface area (Å²) in [6.45, 7) is 1.33. The molecule has 0 aliphatic rings. The molecule has 0 aliphatic heterocycles. The molecule has 0 aliphatic carbocycles. The van der Waals surface area contributed by atoms with Crippen LogP contribution in [-0.4, -0.2) is 11.8 Å². The average molecular weight is 254 g/mol. The molecule has 4 nitrogen and oxygen atoms in total. The molecule has 0 fully saturated rings. The molecular weight excluding hydrogens is 240 g/mol. The number of carbonyl (C=O) groups is 2. The van der Waals surface area contributed by atoms with Crippen LogP contribution in [0, 0.1) is 0 Å². The van der Waals surface area contributed by atoms with Crippen molar-refractivity contribution < 1.29 is 9.59 Å². The number of primary amides is 1. The molecule has 0 heterocycles. The van der Waals surface area contributed by atoms with Crippen molar-refractivity contribution in [3.05, 3.63) is 53.7 Å². The van der Waals surface area contributed by atoms with Crippen molar-refractivity contribution in [3.8, 4) is 0 Å². The van der Waals surface area contributed by atoms with Crippen molar-refractivity contribution in [3.63, 3.8) is 0 Å². The number of amides is 2. The molecule has 19 heavy (non-hydrogen) atoms.